The van der Waals surface area contributed by atoms with Gasteiger partial charge < -0.3 is 15.2 Å². The molecule has 1 atom stereocenters. The summed E-state index contributed by atoms with van der Waals surface area (Å²) in [6, 6.07) is 0. The van der Waals surface area contributed by atoms with Crippen LogP contribution >= 0.6 is 0 Å². The van der Waals surface area contributed by atoms with Crippen LogP contribution in [0.1, 0.15) is 12.5 Å². The molecule has 15 heavy (non-hydrogen) atoms. The van der Waals surface area contributed by atoms with Gasteiger partial charge in [0, 0.05) is 39.0 Å². The Labute approximate surface area is 90.1 Å². The molecule has 0 saturated carbocycles. The van der Waals surface area contributed by atoms with Crippen molar-refractivity contribution in [3.05, 3.63) is 18.0 Å². The third-order valence-corrected chi connectivity index (χ3v) is 2.28. The van der Waals surface area contributed by atoms with E-state index in [1.54, 1.807) is 24.9 Å². The second-order valence-corrected chi connectivity index (χ2v) is 3.85. The summed E-state index contributed by atoms with van der Waals surface area (Å²) in [5.74, 6) is 0. The summed E-state index contributed by atoms with van der Waals surface area (Å²) in [5, 5.41) is 17.3. The highest BCUT2D eigenvalue weighted by Crippen LogP contribution is 2.18. The van der Waals surface area contributed by atoms with Crippen LogP contribution in [0.5, 0.6) is 0 Å². The molecule has 1 aromatic heterocycles. The second-order valence-electron chi connectivity index (χ2n) is 3.85. The van der Waals surface area contributed by atoms with E-state index < -0.39 is 5.60 Å². The molecule has 5 heteroatoms. The molecular formula is C10H19N3O2. The Kier molecular flexibility index (Phi) is 4.26. The monoisotopic (exact) mass is 213 g/mol. The maximum atomic E-state index is 10.1. The molecule has 0 aromatic carbocycles. The van der Waals surface area contributed by atoms with Crippen molar-refractivity contribution >= 4 is 0 Å². The number of rotatable bonds is 6. The van der Waals surface area contributed by atoms with Crippen molar-refractivity contribution in [1.29, 1.82) is 0 Å². The summed E-state index contributed by atoms with van der Waals surface area (Å²) in [6.45, 7) is 3.63. The molecule has 1 aromatic rings. The van der Waals surface area contributed by atoms with Crippen LogP contribution in [0.2, 0.25) is 0 Å². The van der Waals surface area contributed by atoms with E-state index in [1.807, 2.05) is 13.2 Å². The molecular weight excluding hydrogens is 194 g/mol. The average molecular weight is 213 g/mol. The first kappa shape index (κ1) is 12.2. The highest BCUT2D eigenvalue weighted by molar-refractivity contribution is 5.14. The lowest BCUT2D eigenvalue weighted by Crippen LogP contribution is -2.36. The first-order chi connectivity index (χ1) is 7.06. The third-order valence-electron chi connectivity index (χ3n) is 2.28. The fourth-order valence-corrected chi connectivity index (χ4v) is 1.31. The van der Waals surface area contributed by atoms with Crippen molar-refractivity contribution in [3.8, 4) is 0 Å². The van der Waals surface area contributed by atoms with Gasteiger partial charge in [0.05, 0.1) is 12.8 Å². The number of nitrogens with one attached hydrogen (secondary N) is 1. The average Bonchev–Trinajstić information content (AvgIpc) is 2.60. The number of hydrogen-bond acceptors (Lipinski definition) is 4. The topological polar surface area (TPSA) is 59.3 Å². The predicted octanol–water partition coefficient (Wildman–Crippen LogP) is -0.136. The lowest BCUT2D eigenvalue weighted by molar-refractivity contribution is 0.0549. The van der Waals surface area contributed by atoms with Gasteiger partial charge in [0.2, 0.25) is 0 Å². The predicted molar refractivity (Wildman–Crippen MR) is 57.5 cm³/mol. The summed E-state index contributed by atoms with van der Waals surface area (Å²) in [4.78, 5) is 0. The SMILES string of the molecule is COCCNCC(C)(O)c1cnn(C)c1. The maximum absolute atomic E-state index is 10.1. The van der Waals surface area contributed by atoms with Gasteiger partial charge in [0.25, 0.3) is 0 Å². The molecule has 0 aliphatic carbocycles. The van der Waals surface area contributed by atoms with Gasteiger partial charge in [0.15, 0.2) is 0 Å². The minimum absolute atomic E-state index is 0.488. The molecule has 0 amide bonds. The molecule has 2 N–H and O–H groups in total. The summed E-state index contributed by atoms with van der Waals surface area (Å²) < 4.78 is 6.59. The Bertz CT molecular complexity index is 297. The normalized spacial score (nSPS) is 15.2. The van der Waals surface area contributed by atoms with E-state index in [-0.39, 0.29) is 0 Å². The van der Waals surface area contributed by atoms with Gasteiger partial charge in [-0.15, -0.1) is 0 Å². The summed E-state index contributed by atoms with van der Waals surface area (Å²) in [7, 11) is 3.48. The molecule has 5 nitrogen and oxygen atoms in total. The minimum atomic E-state index is -0.887. The standard InChI is InChI=1S/C10H19N3O2/c1-10(14,8-11-4-5-15-3)9-6-12-13(2)7-9/h6-7,11,14H,4-5,8H2,1-3H3. The molecule has 1 heterocycles. The van der Waals surface area contributed by atoms with Crippen LogP contribution in [0, 0.1) is 0 Å². The Hall–Kier alpha value is -0.910. The van der Waals surface area contributed by atoms with Crippen LogP contribution in [0.25, 0.3) is 0 Å². The zero-order valence-electron chi connectivity index (χ0n) is 9.53. The Morgan fingerprint density at radius 2 is 2.40 bits per heavy atom. The molecule has 0 bridgehead atoms. The molecule has 86 valence electrons. The van der Waals surface area contributed by atoms with Crippen molar-refractivity contribution < 1.29 is 9.84 Å². The zero-order chi connectivity index (χ0) is 11.3. The van der Waals surface area contributed by atoms with Crippen molar-refractivity contribution in [2.75, 3.05) is 26.8 Å². The van der Waals surface area contributed by atoms with E-state index in [2.05, 4.69) is 10.4 Å². The van der Waals surface area contributed by atoms with Crippen LogP contribution in [0.4, 0.5) is 0 Å². The van der Waals surface area contributed by atoms with Crippen LogP contribution in [-0.2, 0) is 17.4 Å². The highest BCUT2D eigenvalue weighted by atomic mass is 16.5. The van der Waals surface area contributed by atoms with Gasteiger partial charge in [-0.3, -0.25) is 4.68 Å². The van der Waals surface area contributed by atoms with E-state index in [0.717, 1.165) is 12.1 Å². The Balaban J connectivity index is 2.44. The van der Waals surface area contributed by atoms with Gasteiger partial charge >= 0.3 is 0 Å². The summed E-state index contributed by atoms with van der Waals surface area (Å²) in [5.41, 5.74) is -0.0722. The molecule has 0 spiro atoms. The van der Waals surface area contributed by atoms with E-state index in [0.29, 0.717) is 13.2 Å². The minimum Gasteiger partial charge on any atom is -0.384 e. The van der Waals surface area contributed by atoms with Crippen molar-refractivity contribution in [2.24, 2.45) is 7.05 Å². The van der Waals surface area contributed by atoms with Gasteiger partial charge in [0.1, 0.15) is 5.60 Å². The number of aromatic nitrogens is 2. The van der Waals surface area contributed by atoms with Crippen LogP contribution < -0.4 is 5.32 Å². The molecule has 0 fully saturated rings. The first-order valence-electron chi connectivity index (χ1n) is 4.97. The van der Waals surface area contributed by atoms with Gasteiger partial charge in [-0.1, -0.05) is 0 Å². The van der Waals surface area contributed by atoms with Crippen LogP contribution in [0.3, 0.4) is 0 Å². The largest absolute Gasteiger partial charge is 0.384 e. The lowest BCUT2D eigenvalue weighted by atomic mass is 10.00. The molecule has 0 aliphatic rings. The Morgan fingerprint density at radius 3 is 2.93 bits per heavy atom. The molecule has 1 unspecified atom stereocenters. The van der Waals surface area contributed by atoms with E-state index in [9.17, 15) is 5.11 Å². The summed E-state index contributed by atoms with van der Waals surface area (Å²) in [6.07, 6.45) is 3.50. The molecule has 0 saturated heterocycles. The van der Waals surface area contributed by atoms with Crippen LogP contribution in [-0.4, -0.2) is 41.7 Å². The Morgan fingerprint density at radius 1 is 1.67 bits per heavy atom. The van der Waals surface area contributed by atoms with E-state index in [1.165, 1.54) is 0 Å². The zero-order valence-corrected chi connectivity index (χ0v) is 9.53. The third kappa shape index (κ3) is 3.62. The molecule has 0 radical (unpaired) electrons. The van der Waals surface area contributed by atoms with Crippen molar-refractivity contribution in [3.63, 3.8) is 0 Å². The first-order valence-corrected chi connectivity index (χ1v) is 4.97. The van der Waals surface area contributed by atoms with Gasteiger partial charge in [-0.25, -0.2) is 0 Å². The summed E-state index contributed by atoms with van der Waals surface area (Å²) >= 11 is 0. The number of nitrogens with zero attached hydrogens (tertiary/aromatic N) is 2. The smallest absolute Gasteiger partial charge is 0.102 e. The number of aliphatic hydroxyl groups is 1. The van der Waals surface area contributed by atoms with E-state index in [4.69, 9.17) is 4.74 Å². The molecule has 1 rings (SSSR count). The fraction of sp³-hybridized carbons (Fsp3) is 0.700. The van der Waals surface area contributed by atoms with Gasteiger partial charge in [-0.2, -0.15) is 5.10 Å². The number of aryl methyl sites for hydroxylation is 1. The van der Waals surface area contributed by atoms with Crippen molar-refractivity contribution in [1.82, 2.24) is 15.1 Å². The highest BCUT2D eigenvalue weighted by Gasteiger charge is 2.23. The molecule has 0 aliphatic heterocycles. The quantitative estimate of drug-likeness (QED) is 0.646. The number of ether oxygens (including phenoxy) is 1. The van der Waals surface area contributed by atoms with Gasteiger partial charge in [-0.05, 0) is 6.92 Å². The number of methoxy groups -OCH3 is 1. The number of hydrogen-bond donors (Lipinski definition) is 2. The maximum Gasteiger partial charge on any atom is 0.102 e. The second kappa shape index (κ2) is 5.25. The van der Waals surface area contributed by atoms with Crippen molar-refractivity contribution in [2.45, 2.75) is 12.5 Å². The van der Waals surface area contributed by atoms with Crippen LogP contribution in [0.15, 0.2) is 12.4 Å². The fourth-order valence-electron chi connectivity index (χ4n) is 1.31. The van der Waals surface area contributed by atoms with E-state index >= 15 is 0 Å². The lowest BCUT2D eigenvalue weighted by Gasteiger charge is -2.22.